The van der Waals surface area contributed by atoms with Crippen molar-refractivity contribution >= 4 is 26.7 Å². The topological polar surface area (TPSA) is 125 Å². The molecule has 4 rings (SSSR count). The van der Waals surface area contributed by atoms with Crippen LogP contribution < -0.4 is 15.3 Å². The summed E-state index contributed by atoms with van der Waals surface area (Å²) < 4.78 is 27.5. The van der Waals surface area contributed by atoms with Gasteiger partial charge in [0.2, 0.25) is 10.0 Å². The van der Waals surface area contributed by atoms with Gasteiger partial charge in [-0.05, 0) is 37.2 Å². The number of sulfonamides is 1. The number of aromatic amines is 2. The number of fused-ring (bicyclic) bond motifs is 1. The lowest BCUT2D eigenvalue weighted by molar-refractivity contribution is 0.255. The molecule has 3 aromatic rings. The number of nitrogens with zero attached hydrogens (tertiary/aromatic N) is 3. The molecule has 0 amide bonds. The van der Waals surface area contributed by atoms with Crippen LogP contribution in [0.4, 0.5) is 5.69 Å². The standard InChI is InChI=1S/C21H24N6O3S/c22-15-16-5-1-2-8-19(16)31(29,30)23-9-4-10-26-11-13-27(14-12-26)18-7-3-6-17-20(18)25-21(28)24-17/h1-3,5-8,23H,4,9-14H2,(H2,24,25,28). The molecule has 0 bridgehead atoms. The molecule has 1 aromatic heterocycles. The molecule has 31 heavy (non-hydrogen) atoms. The monoisotopic (exact) mass is 440 g/mol. The van der Waals surface area contributed by atoms with Crippen molar-refractivity contribution in [3.05, 3.63) is 58.5 Å². The van der Waals surface area contributed by atoms with Crippen molar-refractivity contribution in [2.24, 2.45) is 0 Å². The van der Waals surface area contributed by atoms with Crippen molar-refractivity contribution in [1.82, 2.24) is 19.6 Å². The highest BCUT2D eigenvalue weighted by molar-refractivity contribution is 7.89. The molecule has 0 saturated carbocycles. The van der Waals surface area contributed by atoms with Crippen LogP contribution in [0.15, 0.2) is 52.2 Å². The molecule has 1 fully saturated rings. The Bertz CT molecular complexity index is 1270. The van der Waals surface area contributed by atoms with Gasteiger partial charge in [-0.25, -0.2) is 17.9 Å². The highest BCUT2D eigenvalue weighted by Gasteiger charge is 2.20. The van der Waals surface area contributed by atoms with Gasteiger partial charge < -0.3 is 14.9 Å². The Morgan fingerprint density at radius 3 is 2.58 bits per heavy atom. The fourth-order valence-corrected chi connectivity index (χ4v) is 5.13. The summed E-state index contributed by atoms with van der Waals surface area (Å²) in [4.78, 5) is 21.8. The predicted molar refractivity (Wildman–Crippen MR) is 119 cm³/mol. The van der Waals surface area contributed by atoms with E-state index in [0.29, 0.717) is 13.0 Å². The highest BCUT2D eigenvalue weighted by atomic mass is 32.2. The Hall–Kier alpha value is -3.13. The molecule has 3 N–H and O–H groups in total. The number of anilines is 1. The summed E-state index contributed by atoms with van der Waals surface area (Å²) >= 11 is 0. The van der Waals surface area contributed by atoms with Crippen molar-refractivity contribution in [1.29, 1.82) is 5.26 Å². The van der Waals surface area contributed by atoms with Gasteiger partial charge >= 0.3 is 5.69 Å². The van der Waals surface area contributed by atoms with Crippen LogP contribution in [0.2, 0.25) is 0 Å². The molecule has 0 aliphatic carbocycles. The molecule has 9 nitrogen and oxygen atoms in total. The number of hydrogen-bond donors (Lipinski definition) is 3. The maximum absolute atomic E-state index is 12.5. The van der Waals surface area contributed by atoms with Crippen molar-refractivity contribution < 1.29 is 8.42 Å². The molecule has 0 atom stereocenters. The average Bonchev–Trinajstić information content (AvgIpc) is 3.17. The van der Waals surface area contributed by atoms with E-state index >= 15 is 0 Å². The van der Waals surface area contributed by atoms with Gasteiger partial charge in [-0.15, -0.1) is 0 Å². The second-order valence-electron chi connectivity index (χ2n) is 7.47. The van der Waals surface area contributed by atoms with Gasteiger partial charge in [0.05, 0.1) is 27.2 Å². The summed E-state index contributed by atoms with van der Waals surface area (Å²) in [6.45, 7) is 4.46. The molecular formula is C21H24N6O3S. The van der Waals surface area contributed by atoms with Gasteiger partial charge in [0.25, 0.3) is 0 Å². The van der Waals surface area contributed by atoms with Crippen molar-refractivity contribution in [2.75, 3.05) is 44.2 Å². The number of benzene rings is 2. The van der Waals surface area contributed by atoms with E-state index in [-0.39, 0.29) is 16.1 Å². The number of imidazole rings is 1. The minimum Gasteiger partial charge on any atom is -0.367 e. The number of nitrogens with one attached hydrogen (secondary N) is 3. The van der Waals surface area contributed by atoms with Gasteiger partial charge in [-0.3, -0.25) is 4.90 Å². The first-order valence-corrected chi connectivity index (χ1v) is 11.6. The Morgan fingerprint density at radius 2 is 1.81 bits per heavy atom. The SMILES string of the molecule is N#Cc1ccccc1S(=O)(=O)NCCCN1CCN(c2cccc3[nH]c(=O)[nH]c23)CC1. The summed E-state index contributed by atoms with van der Waals surface area (Å²) in [5.41, 5.74) is 2.58. The fourth-order valence-electron chi connectivity index (χ4n) is 3.90. The van der Waals surface area contributed by atoms with Crippen LogP contribution in [0.3, 0.4) is 0 Å². The Kier molecular flexibility index (Phi) is 6.08. The lowest BCUT2D eigenvalue weighted by Gasteiger charge is -2.36. The van der Waals surface area contributed by atoms with Gasteiger partial charge in [0.1, 0.15) is 6.07 Å². The molecule has 2 heterocycles. The van der Waals surface area contributed by atoms with Crippen molar-refractivity contribution in [3.8, 4) is 6.07 Å². The number of hydrogen-bond acceptors (Lipinski definition) is 6. The van der Waals surface area contributed by atoms with E-state index in [2.05, 4.69) is 24.5 Å². The molecule has 0 unspecified atom stereocenters. The second-order valence-corrected chi connectivity index (χ2v) is 9.20. The summed E-state index contributed by atoms with van der Waals surface area (Å²) in [6, 6.07) is 13.9. The summed E-state index contributed by atoms with van der Waals surface area (Å²) in [7, 11) is -3.70. The average molecular weight is 441 g/mol. The maximum atomic E-state index is 12.5. The third kappa shape index (κ3) is 4.64. The van der Waals surface area contributed by atoms with Gasteiger partial charge in [-0.2, -0.15) is 5.26 Å². The van der Waals surface area contributed by atoms with Crippen LogP contribution in [0.5, 0.6) is 0 Å². The zero-order valence-corrected chi connectivity index (χ0v) is 17.8. The first-order chi connectivity index (χ1) is 15.0. The van der Waals surface area contributed by atoms with Crippen LogP contribution in [0.25, 0.3) is 11.0 Å². The molecule has 1 aliphatic heterocycles. The van der Waals surface area contributed by atoms with Crippen LogP contribution in [0, 0.1) is 11.3 Å². The molecule has 10 heteroatoms. The first-order valence-electron chi connectivity index (χ1n) is 10.1. The van der Waals surface area contributed by atoms with Crippen molar-refractivity contribution in [3.63, 3.8) is 0 Å². The summed E-state index contributed by atoms with van der Waals surface area (Å²) in [5, 5.41) is 9.11. The molecule has 1 aliphatic rings. The minimum atomic E-state index is -3.70. The first kappa shape index (κ1) is 21.1. The molecule has 0 spiro atoms. The third-order valence-electron chi connectivity index (χ3n) is 5.48. The van der Waals surface area contributed by atoms with Crippen LogP contribution in [0.1, 0.15) is 12.0 Å². The van der Waals surface area contributed by atoms with Crippen molar-refractivity contribution in [2.45, 2.75) is 11.3 Å². The van der Waals surface area contributed by atoms with E-state index in [1.165, 1.54) is 12.1 Å². The normalized spacial score (nSPS) is 15.3. The van der Waals surface area contributed by atoms with E-state index < -0.39 is 10.0 Å². The summed E-state index contributed by atoms with van der Waals surface area (Å²) in [6.07, 6.45) is 0.675. The molecule has 0 radical (unpaired) electrons. The van der Waals surface area contributed by atoms with Gasteiger partial charge in [0.15, 0.2) is 0 Å². The highest BCUT2D eigenvalue weighted by Crippen LogP contribution is 2.24. The number of nitriles is 1. The van der Waals surface area contributed by atoms with E-state index in [1.54, 1.807) is 12.1 Å². The van der Waals surface area contributed by atoms with Gasteiger partial charge in [-0.1, -0.05) is 18.2 Å². The van der Waals surface area contributed by atoms with E-state index in [9.17, 15) is 13.2 Å². The Balaban J connectivity index is 1.27. The van der Waals surface area contributed by atoms with E-state index in [1.807, 2.05) is 24.3 Å². The minimum absolute atomic E-state index is 0.0167. The smallest absolute Gasteiger partial charge is 0.323 e. The Labute approximate surface area is 180 Å². The number of piperazine rings is 1. The van der Waals surface area contributed by atoms with Crippen LogP contribution in [-0.2, 0) is 10.0 Å². The molecule has 2 aromatic carbocycles. The zero-order chi connectivity index (χ0) is 21.8. The second kappa shape index (κ2) is 8.93. The Morgan fingerprint density at radius 1 is 1.03 bits per heavy atom. The van der Waals surface area contributed by atoms with E-state index in [0.717, 1.165) is 49.4 Å². The number of aromatic nitrogens is 2. The number of rotatable bonds is 7. The van der Waals surface area contributed by atoms with E-state index in [4.69, 9.17) is 5.26 Å². The summed E-state index contributed by atoms with van der Waals surface area (Å²) in [5.74, 6) is 0. The lowest BCUT2D eigenvalue weighted by atomic mass is 10.2. The lowest BCUT2D eigenvalue weighted by Crippen LogP contribution is -2.47. The zero-order valence-electron chi connectivity index (χ0n) is 17.0. The molecular weight excluding hydrogens is 416 g/mol. The quantitative estimate of drug-likeness (QED) is 0.475. The van der Waals surface area contributed by atoms with Crippen LogP contribution >= 0.6 is 0 Å². The van der Waals surface area contributed by atoms with Crippen LogP contribution in [-0.4, -0.2) is 62.6 Å². The number of H-pyrrole nitrogens is 2. The third-order valence-corrected chi connectivity index (χ3v) is 7.00. The molecule has 162 valence electrons. The fraction of sp³-hybridized carbons (Fsp3) is 0.333. The largest absolute Gasteiger partial charge is 0.367 e. The predicted octanol–water partition coefficient (Wildman–Crippen LogP) is 1.22. The van der Waals surface area contributed by atoms with Gasteiger partial charge in [0, 0.05) is 32.7 Å². The number of para-hydroxylation sites is 1. The molecule has 1 saturated heterocycles. The maximum Gasteiger partial charge on any atom is 0.323 e.